The number of rotatable bonds is 7. The molecule has 122 valence electrons. The van der Waals surface area contributed by atoms with Crippen LogP contribution in [0.15, 0.2) is 36.7 Å². The Kier molecular flexibility index (Phi) is 6.43. The molecule has 2 rings (SSSR count). The van der Waals surface area contributed by atoms with Gasteiger partial charge in [0.15, 0.2) is 6.10 Å². The van der Waals surface area contributed by atoms with Crippen molar-refractivity contribution in [1.29, 1.82) is 0 Å². The number of carbonyl (C=O) groups is 1. The first-order valence-electron chi connectivity index (χ1n) is 6.96. The number of benzene rings is 1. The highest BCUT2D eigenvalue weighted by Crippen LogP contribution is 2.28. The molecule has 0 saturated heterocycles. The van der Waals surface area contributed by atoms with Gasteiger partial charge in [0.1, 0.15) is 5.75 Å². The first-order chi connectivity index (χ1) is 11.1. The summed E-state index contributed by atoms with van der Waals surface area (Å²) in [4.78, 5) is 20.0. The van der Waals surface area contributed by atoms with Gasteiger partial charge in [-0.15, -0.1) is 0 Å². The molecule has 23 heavy (non-hydrogen) atoms. The fourth-order valence-corrected chi connectivity index (χ4v) is 2.16. The van der Waals surface area contributed by atoms with Crippen LogP contribution in [0.1, 0.15) is 6.92 Å². The molecular weight excluding hydrogens is 339 g/mol. The van der Waals surface area contributed by atoms with Crippen LogP contribution >= 0.6 is 23.2 Å². The zero-order valence-electron chi connectivity index (χ0n) is 12.4. The van der Waals surface area contributed by atoms with E-state index in [0.29, 0.717) is 34.8 Å². The smallest absolute Gasteiger partial charge is 0.260 e. The molecule has 1 heterocycles. The van der Waals surface area contributed by atoms with Crippen LogP contribution in [0.2, 0.25) is 10.0 Å². The first kappa shape index (κ1) is 17.3. The second-order valence-corrected chi connectivity index (χ2v) is 5.47. The van der Waals surface area contributed by atoms with Gasteiger partial charge in [-0.2, -0.15) is 0 Å². The lowest BCUT2D eigenvalue weighted by Gasteiger charge is -2.15. The van der Waals surface area contributed by atoms with Crippen molar-refractivity contribution in [2.75, 3.05) is 18.4 Å². The highest BCUT2D eigenvalue weighted by molar-refractivity contribution is 6.35. The number of carbonyl (C=O) groups excluding carboxylic acids is 1. The highest BCUT2D eigenvalue weighted by atomic mass is 35.5. The molecule has 0 aliphatic heterocycles. The minimum absolute atomic E-state index is 0.244. The zero-order chi connectivity index (χ0) is 16.7. The standard InChI is InChI=1S/C15H16Cl2N4O2/c1-10(23-13-4-3-11(16)9-12(13)17)14(22)18-7-8-21-15-19-5-2-6-20-15/h2-6,9-10H,7-8H2,1H3,(H,18,22)(H,19,20,21). The van der Waals surface area contributed by atoms with Crippen LogP contribution in [0.4, 0.5) is 5.95 Å². The van der Waals surface area contributed by atoms with E-state index < -0.39 is 6.10 Å². The van der Waals surface area contributed by atoms with Crippen LogP contribution in [0.5, 0.6) is 5.75 Å². The van der Waals surface area contributed by atoms with Gasteiger partial charge in [-0.05, 0) is 31.2 Å². The minimum Gasteiger partial charge on any atom is -0.479 e. The first-order valence-corrected chi connectivity index (χ1v) is 7.72. The van der Waals surface area contributed by atoms with E-state index >= 15 is 0 Å². The number of halogens is 2. The van der Waals surface area contributed by atoms with Crippen LogP contribution in [-0.2, 0) is 4.79 Å². The highest BCUT2D eigenvalue weighted by Gasteiger charge is 2.15. The van der Waals surface area contributed by atoms with Gasteiger partial charge in [0.05, 0.1) is 5.02 Å². The maximum absolute atomic E-state index is 12.0. The molecule has 1 aromatic heterocycles. The summed E-state index contributed by atoms with van der Waals surface area (Å²) in [7, 11) is 0. The molecule has 1 atom stereocenters. The summed E-state index contributed by atoms with van der Waals surface area (Å²) in [5, 5.41) is 6.61. The van der Waals surface area contributed by atoms with Crippen molar-refractivity contribution in [3.63, 3.8) is 0 Å². The van der Waals surface area contributed by atoms with E-state index in [9.17, 15) is 4.79 Å². The lowest BCUT2D eigenvalue weighted by molar-refractivity contribution is -0.127. The van der Waals surface area contributed by atoms with Crippen molar-refractivity contribution in [3.05, 3.63) is 46.7 Å². The molecule has 8 heteroatoms. The molecule has 0 fully saturated rings. The number of anilines is 1. The topological polar surface area (TPSA) is 76.1 Å². The Bertz CT molecular complexity index is 655. The number of nitrogens with zero attached hydrogens (tertiary/aromatic N) is 2. The molecule has 1 unspecified atom stereocenters. The van der Waals surface area contributed by atoms with Crippen molar-refractivity contribution in [2.45, 2.75) is 13.0 Å². The van der Waals surface area contributed by atoms with Gasteiger partial charge in [0, 0.05) is 30.5 Å². The van der Waals surface area contributed by atoms with Gasteiger partial charge in [-0.3, -0.25) is 4.79 Å². The number of aromatic nitrogens is 2. The van der Waals surface area contributed by atoms with Crippen molar-refractivity contribution in [2.24, 2.45) is 0 Å². The van der Waals surface area contributed by atoms with E-state index in [1.807, 2.05) is 0 Å². The summed E-state index contributed by atoms with van der Waals surface area (Å²) in [6.45, 7) is 2.57. The van der Waals surface area contributed by atoms with Gasteiger partial charge in [-0.25, -0.2) is 9.97 Å². The second-order valence-electron chi connectivity index (χ2n) is 4.63. The predicted molar refractivity (Wildman–Crippen MR) is 90.1 cm³/mol. The van der Waals surface area contributed by atoms with E-state index in [1.165, 1.54) is 0 Å². The Morgan fingerprint density at radius 1 is 1.26 bits per heavy atom. The molecule has 0 radical (unpaired) electrons. The lowest BCUT2D eigenvalue weighted by atomic mass is 10.3. The summed E-state index contributed by atoms with van der Waals surface area (Å²) >= 11 is 11.8. The molecule has 1 amide bonds. The van der Waals surface area contributed by atoms with Gasteiger partial charge in [0.2, 0.25) is 5.95 Å². The quantitative estimate of drug-likeness (QED) is 0.747. The molecule has 0 saturated carbocycles. The summed E-state index contributed by atoms with van der Waals surface area (Å²) in [5.41, 5.74) is 0. The summed E-state index contributed by atoms with van der Waals surface area (Å²) in [6.07, 6.45) is 2.60. The Morgan fingerprint density at radius 3 is 2.70 bits per heavy atom. The molecule has 0 bridgehead atoms. The molecule has 0 aliphatic carbocycles. The largest absolute Gasteiger partial charge is 0.479 e. The van der Waals surface area contributed by atoms with Crippen molar-refractivity contribution in [3.8, 4) is 5.75 Å². The molecule has 0 aliphatic rings. The molecule has 6 nitrogen and oxygen atoms in total. The third-order valence-corrected chi connectivity index (χ3v) is 3.37. The van der Waals surface area contributed by atoms with E-state index in [-0.39, 0.29) is 5.91 Å². The number of nitrogens with one attached hydrogen (secondary N) is 2. The van der Waals surface area contributed by atoms with Crippen LogP contribution in [0, 0.1) is 0 Å². The van der Waals surface area contributed by atoms with Gasteiger partial charge >= 0.3 is 0 Å². The van der Waals surface area contributed by atoms with E-state index in [2.05, 4.69) is 20.6 Å². The second kappa shape index (κ2) is 8.55. The van der Waals surface area contributed by atoms with E-state index in [0.717, 1.165) is 0 Å². The van der Waals surface area contributed by atoms with E-state index in [1.54, 1.807) is 43.6 Å². The molecule has 2 aromatic rings. The van der Waals surface area contributed by atoms with Crippen molar-refractivity contribution in [1.82, 2.24) is 15.3 Å². The van der Waals surface area contributed by atoms with Crippen molar-refractivity contribution >= 4 is 35.1 Å². The third-order valence-electron chi connectivity index (χ3n) is 2.84. The van der Waals surface area contributed by atoms with E-state index in [4.69, 9.17) is 27.9 Å². The lowest BCUT2D eigenvalue weighted by Crippen LogP contribution is -2.38. The maximum Gasteiger partial charge on any atom is 0.260 e. The SMILES string of the molecule is CC(Oc1ccc(Cl)cc1Cl)C(=O)NCCNc1ncccn1. The average molecular weight is 355 g/mol. The number of hydrogen-bond acceptors (Lipinski definition) is 5. The molecule has 0 spiro atoms. The Hall–Kier alpha value is -2.05. The zero-order valence-corrected chi connectivity index (χ0v) is 13.9. The van der Waals surface area contributed by atoms with Crippen molar-refractivity contribution < 1.29 is 9.53 Å². The molecule has 2 N–H and O–H groups in total. The Balaban J connectivity index is 1.74. The Labute approximate surface area is 144 Å². The predicted octanol–water partition coefficient (Wildman–Crippen LogP) is 2.78. The number of hydrogen-bond donors (Lipinski definition) is 2. The average Bonchev–Trinajstić information content (AvgIpc) is 2.55. The monoisotopic (exact) mass is 354 g/mol. The van der Waals surface area contributed by atoms with Gasteiger partial charge in [-0.1, -0.05) is 23.2 Å². The van der Waals surface area contributed by atoms with Crippen LogP contribution in [0.3, 0.4) is 0 Å². The molecule has 1 aromatic carbocycles. The summed E-state index contributed by atoms with van der Waals surface area (Å²) < 4.78 is 5.53. The Morgan fingerprint density at radius 2 is 2.00 bits per heavy atom. The fraction of sp³-hybridized carbons (Fsp3) is 0.267. The maximum atomic E-state index is 12.0. The van der Waals surface area contributed by atoms with Crippen LogP contribution in [-0.4, -0.2) is 35.1 Å². The van der Waals surface area contributed by atoms with Crippen LogP contribution < -0.4 is 15.4 Å². The number of ether oxygens (including phenoxy) is 1. The molecular formula is C15H16Cl2N4O2. The summed E-state index contributed by atoms with van der Waals surface area (Å²) in [5.74, 6) is 0.681. The fourth-order valence-electron chi connectivity index (χ4n) is 1.71. The van der Waals surface area contributed by atoms with Crippen LogP contribution in [0.25, 0.3) is 0 Å². The third kappa shape index (κ3) is 5.58. The number of amides is 1. The normalized spacial score (nSPS) is 11.6. The summed E-state index contributed by atoms with van der Waals surface area (Å²) in [6, 6.07) is 6.57. The van der Waals surface area contributed by atoms with Gasteiger partial charge in [0.25, 0.3) is 5.91 Å². The van der Waals surface area contributed by atoms with Gasteiger partial charge < -0.3 is 15.4 Å². The minimum atomic E-state index is -0.679.